The molecule has 0 fully saturated rings. The van der Waals surface area contributed by atoms with Crippen LogP contribution in [0.2, 0.25) is 0 Å². The van der Waals surface area contributed by atoms with Crippen LogP contribution in [0.5, 0.6) is 0 Å². The minimum atomic E-state index is -1.83. The van der Waals surface area contributed by atoms with Crippen LogP contribution in [-0.4, -0.2) is 39.2 Å². The van der Waals surface area contributed by atoms with Crippen LogP contribution >= 0.6 is 0 Å². The van der Waals surface area contributed by atoms with Gasteiger partial charge < -0.3 is 27.3 Å². The van der Waals surface area contributed by atoms with Crippen LogP contribution in [0.25, 0.3) is 0 Å². The predicted octanol–water partition coefficient (Wildman–Crippen LogP) is -2.09. The van der Waals surface area contributed by atoms with Crippen molar-refractivity contribution in [1.82, 2.24) is 0 Å². The summed E-state index contributed by atoms with van der Waals surface area (Å²) in [6.45, 7) is 4.94. The number of hydrogen-bond donors (Lipinski definition) is 4. The SMILES string of the molecule is O=C(O)CO.O=C(O)O.[CH2-]CCC.[K+]. The molecule has 0 saturated carbocycles. The largest absolute Gasteiger partial charge is 1.00 e. The van der Waals surface area contributed by atoms with Gasteiger partial charge in [0, 0.05) is 0 Å². The van der Waals surface area contributed by atoms with Gasteiger partial charge in [0.25, 0.3) is 0 Å². The first-order chi connectivity index (χ1) is 5.92. The second-order valence-electron chi connectivity index (χ2n) is 1.69. The van der Waals surface area contributed by atoms with E-state index in [0.29, 0.717) is 0 Å². The van der Waals surface area contributed by atoms with E-state index in [-0.39, 0.29) is 51.4 Å². The van der Waals surface area contributed by atoms with E-state index in [2.05, 4.69) is 13.8 Å². The Kier molecular flexibility index (Phi) is 39.7. The molecule has 14 heavy (non-hydrogen) atoms. The summed E-state index contributed by atoms with van der Waals surface area (Å²) in [6, 6.07) is 0. The molecule has 0 aromatic carbocycles. The Bertz CT molecular complexity index is 121. The topological polar surface area (TPSA) is 115 Å². The second-order valence-corrected chi connectivity index (χ2v) is 1.69. The number of hydrogen-bond acceptors (Lipinski definition) is 3. The maximum absolute atomic E-state index is 9.12. The minimum Gasteiger partial charge on any atom is -0.480 e. The first-order valence-electron chi connectivity index (χ1n) is 3.46. The van der Waals surface area contributed by atoms with Crippen molar-refractivity contribution < 1.29 is 81.4 Å². The number of aliphatic hydroxyl groups is 1. The second kappa shape index (κ2) is 23.3. The zero-order valence-corrected chi connectivity index (χ0v) is 11.6. The fourth-order valence-corrected chi connectivity index (χ4v) is 0. The Balaban J connectivity index is -0.0000000522. The van der Waals surface area contributed by atoms with E-state index in [1.165, 1.54) is 6.42 Å². The van der Waals surface area contributed by atoms with E-state index < -0.39 is 18.7 Å². The van der Waals surface area contributed by atoms with E-state index in [4.69, 9.17) is 30.0 Å². The smallest absolute Gasteiger partial charge is 0.480 e. The molecule has 0 saturated heterocycles. The molecule has 0 aromatic heterocycles. The van der Waals surface area contributed by atoms with Crippen LogP contribution < -0.4 is 51.4 Å². The average molecular weight is 234 g/mol. The van der Waals surface area contributed by atoms with E-state index in [0.717, 1.165) is 6.42 Å². The van der Waals surface area contributed by atoms with Gasteiger partial charge in [0.1, 0.15) is 6.61 Å². The van der Waals surface area contributed by atoms with Crippen molar-refractivity contribution in [1.29, 1.82) is 0 Å². The van der Waals surface area contributed by atoms with E-state index >= 15 is 0 Å². The Morgan fingerprint density at radius 3 is 1.36 bits per heavy atom. The Morgan fingerprint density at radius 1 is 1.21 bits per heavy atom. The van der Waals surface area contributed by atoms with E-state index in [1.54, 1.807) is 0 Å². The zero-order chi connectivity index (χ0) is 11.3. The quantitative estimate of drug-likeness (QED) is 0.322. The molecular formula is C7H15KO6. The summed E-state index contributed by atoms with van der Waals surface area (Å²) in [5.74, 6) is -1.19. The van der Waals surface area contributed by atoms with Crippen molar-refractivity contribution in [2.24, 2.45) is 0 Å². The number of carboxylic acid groups (broad SMARTS) is 3. The number of carbonyl (C=O) groups is 2. The molecule has 0 aliphatic rings. The molecule has 0 bridgehead atoms. The fraction of sp³-hybridized carbons (Fsp3) is 0.571. The molecule has 80 valence electrons. The third-order valence-electron chi connectivity index (χ3n) is 0.489. The van der Waals surface area contributed by atoms with Crippen molar-refractivity contribution in [3.63, 3.8) is 0 Å². The molecule has 0 radical (unpaired) electrons. The van der Waals surface area contributed by atoms with Crippen molar-refractivity contribution in [2.75, 3.05) is 6.61 Å². The molecular weight excluding hydrogens is 219 g/mol. The van der Waals surface area contributed by atoms with Crippen LogP contribution in [0.4, 0.5) is 4.79 Å². The van der Waals surface area contributed by atoms with Gasteiger partial charge in [-0.1, -0.05) is 13.3 Å². The van der Waals surface area contributed by atoms with Crippen LogP contribution in [0.3, 0.4) is 0 Å². The summed E-state index contributed by atoms with van der Waals surface area (Å²) in [5, 5.41) is 29.0. The summed E-state index contributed by atoms with van der Waals surface area (Å²) < 4.78 is 0. The van der Waals surface area contributed by atoms with E-state index in [9.17, 15) is 0 Å². The molecule has 7 heteroatoms. The van der Waals surface area contributed by atoms with Crippen LogP contribution in [0.1, 0.15) is 19.8 Å². The van der Waals surface area contributed by atoms with Crippen molar-refractivity contribution in [3.8, 4) is 0 Å². The van der Waals surface area contributed by atoms with Gasteiger partial charge in [0.05, 0.1) is 0 Å². The summed E-state index contributed by atoms with van der Waals surface area (Å²) in [6.07, 6.45) is 0.444. The van der Waals surface area contributed by atoms with Gasteiger partial charge in [-0.3, -0.25) is 0 Å². The van der Waals surface area contributed by atoms with Gasteiger partial charge in [-0.2, -0.15) is 6.42 Å². The Morgan fingerprint density at radius 2 is 1.36 bits per heavy atom. The van der Waals surface area contributed by atoms with Gasteiger partial charge in [0.15, 0.2) is 0 Å². The summed E-state index contributed by atoms with van der Waals surface area (Å²) >= 11 is 0. The maximum atomic E-state index is 9.12. The van der Waals surface area contributed by atoms with Gasteiger partial charge >= 0.3 is 63.5 Å². The van der Waals surface area contributed by atoms with Crippen LogP contribution in [0.15, 0.2) is 0 Å². The molecule has 0 rings (SSSR count). The van der Waals surface area contributed by atoms with Crippen LogP contribution in [-0.2, 0) is 4.79 Å². The molecule has 0 atom stereocenters. The number of unbranched alkanes of at least 4 members (excludes halogenated alkanes) is 1. The van der Waals surface area contributed by atoms with Gasteiger partial charge in [-0.15, -0.1) is 0 Å². The predicted molar refractivity (Wildman–Crippen MR) is 45.6 cm³/mol. The zero-order valence-electron chi connectivity index (χ0n) is 8.43. The first-order valence-corrected chi connectivity index (χ1v) is 3.46. The van der Waals surface area contributed by atoms with Gasteiger partial charge in [-0.05, 0) is 0 Å². The number of rotatable bonds is 2. The third-order valence-corrected chi connectivity index (χ3v) is 0.489. The molecule has 0 heterocycles. The van der Waals surface area contributed by atoms with Crippen molar-refractivity contribution >= 4 is 12.1 Å². The minimum absolute atomic E-state index is 0. The molecule has 0 amide bonds. The number of aliphatic hydroxyl groups excluding tert-OH is 1. The van der Waals surface area contributed by atoms with Gasteiger partial charge in [-0.25, -0.2) is 9.59 Å². The van der Waals surface area contributed by atoms with Crippen molar-refractivity contribution in [2.45, 2.75) is 19.8 Å². The maximum Gasteiger partial charge on any atom is 1.00 e. The monoisotopic (exact) mass is 234 g/mol. The fourth-order valence-electron chi connectivity index (χ4n) is 0. The molecule has 0 spiro atoms. The molecule has 0 unspecified atom stereocenters. The normalized spacial score (nSPS) is 6.50. The van der Waals surface area contributed by atoms with Crippen molar-refractivity contribution in [3.05, 3.63) is 6.92 Å². The first kappa shape index (κ1) is 23.9. The molecule has 4 N–H and O–H groups in total. The van der Waals surface area contributed by atoms with Gasteiger partial charge in [0.2, 0.25) is 0 Å². The van der Waals surface area contributed by atoms with E-state index in [1.807, 2.05) is 0 Å². The summed E-state index contributed by atoms with van der Waals surface area (Å²) in [5.41, 5.74) is 0. The molecule has 0 aromatic rings. The molecule has 0 aliphatic heterocycles. The average Bonchev–Trinajstić information content (AvgIpc) is 2.04. The third kappa shape index (κ3) is 142. The summed E-state index contributed by atoms with van der Waals surface area (Å²) in [4.78, 5) is 17.7. The molecule has 6 nitrogen and oxygen atoms in total. The summed E-state index contributed by atoms with van der Waals surface area (Å²) in [7, 11) is 0. The number of aliphatic carboxylic acids is 1. The Labute approximate surface area is 125 Å². The Hall–Kier alpha value is 0.336. The number of carboxylic acids is 1. The van der Waals surface area contributed by atoms with Crippen LogP contribution in [0, 0.1) is 6.92 Å². The molecule has 0 aliphatic carbocycles. The standard InChI is InChI=1S/C4H9.C2H4O3.CH2O3.K/c1-3-4-2;3-1-2(4)5;2-1(3)4;/h1,3-4H2,2H3;3H,1H2,(H,4,5);(H2,2,3,4);/q-1;;;+1.